The van der Waals surface area contributed by atoms with Crippen LogP contribution in [0.15, 0.2) is 182 Å². The van der Waals surface area contributed by atoms with Gasteiger partial charge in [0.05, 0.1) is 11.0 Å². The second-order valence-corrected chi connectivity index (χ2v) is 18.0. The Kier molecular flexibility index (Phi) is 8.61. The molecular formula is C57H46N4. The van der Waals surface area contributed by atoms with Crippen LogP contribution in [0.4, 0.5) is 0 Å². The van der Waals surface area contributed by atoms with Crippen LogP contribution in [-0.2, 0) is 10.8 Å². The zero-order valence-electron chi connectivity index (χ0n) is 35.0. The first-order valence-electron chi connectivity index (χ1n) is 21.4. The first kappa shape index (κ1) is 36.9. The minimum absolute atomic E-state index is 0.104. The summed E-state index contributed by atoms with van der Waals surface area (Å²) in [6.07, 6.45) is 2.36. The van der Waals surface area contributed by atoms with Crippen LogP contribution < -0.4 is 0 Å². The normalized spacial score (nSPS) is 14.4. The van der Waals surface area contributed by atoms with Gasteiger partial charge >= 0.3 is 0 Å². The van der Waals surface area contributed by atoms with E-state index in [1.54, 1.807) is 0 Å². The summed E-state index contributed by atoms with van der Waals surface area (Å²) in [4.78, 5) is 15.6. The number of aromatic nitrogens is 4. The van der Waals surface area contributed by atoms with Crippen LogP contribution >= 0.6 is 0 Å². The number of para-hydroxylation sites is 1. The van der Waals surface area contributed by atoms with E-state index in [1.807, 2.05) is 18.2 Å². The zero-order chi connectivity index (χ0) is 41.3. The lowest BCUT2D eigenvalue weighted by Gasteiger charge is -2.42. The van der Waals surface area contributed by atoms with Gasteiger partial charge in [-0.3, -0.25) is 0 Å². The summed E-state index contributed by atoms with van der Waals surface area (Å²) in [5.41, 5.74) is 14.1. The Labute approximate surface area is 357 Å². The van der Waals surface area contributed by atoms with Crippen molar-refractivity contribution in [3.63, 3.8) is 0 Å². The summed E-state index contributed by atoms with van der Waals surface area (Å²) in [6.45, 7) is 9.65. The summed E-state index contributed by atoms with van der Waals surface area (Å²) >= 11 is 0. The predicted octanol–water partition coefficient (Wildman–Crippen LogP) is 14.8. The largest absolute Gasteiger partial charge is 0.309 e. The topological polar surface area (TPSA) is 43.6 Å². The fraction of sp³-hybridized carbons (Fsp3) is 0.140. The van der Waals surface area contributed by atoms with Crippen LogP contribution in [-0.4, -0.2) is 19.5 Å². The molecule has 8 aromatic carbocycles. The van der Waals surface area contributed by atoms with Gasteiger partial charge in [-0.2, -0.15) is 0 Å². The Morgan fingerprint density at radius 3 is 1.51 bits per heavy atom. The summed E-state index contributed by atoms with van der Waals surface area (Å²) in [6, 6.07) is 65.2. The van der Waals surface area contributed by atoms with Crippen LogP contribution in [0.2, 0.25) is 0 Å². The average Bonchev–Trinajstić information content (AvgIpc) is 3.64. The maximum atomic E-state index is 5.27. The zero-order valence-corrected chi connectivity index (χ0v) is 35.0. The van der Waals surface area contributed by atoms with Crippen molar-refractivity contribution in [1.29, 1.82) is 0 Å². The summed E-state index contributed by atoms with van der Waals surface area (Å²) in [7, 11) is 0. The molecule has 0 saturated carbocycles. The lowest BCUT2D eigenvalue weighted by Crippen LogP contribution is -2.33. The van der Waals surface area contributed by atoms with Crippen LogP contribution in [0, 0.1) is 0 Å². The summed E-state index contributed by atoms with van der Waals surface area (Å²) in [5, 5.41) is 4.88. The number of rotatable bonds is 6. The first-order valence-corrected chi connectivity index (χ1v) is 21.4. The maximum Gasteiger partial charge on any atom is 0.164 e. The van der Waals surface area contributed by atoms with Crippen LogP contribution in [0.5, 0.6) is 0 Å². The highest BCUT2D eigenvalue weighted by molar-refractivity contribution is 6.10. The highest BCUT2D eigenvalue weighted by Gasteiger charge is 2.38. The number of benzene rings is 8. The number of nitrogens with zero attached hydrogens (tertiary/aromatic N) is 4. The molecule has 2 heterocycles. The molecular weight excluding hydrogens is 741 g/mol. The molecule has 61 heavy (non-hydrogen) atoms. The quantitative estimate of drug-likeness (QED) is 0.169. The van der Waals surface area contributed by atoms with Crippen LogP contribution in [0.3, 0.4) is 0 Å². The fourth-order valence-corrected chi connectivity index (χ4v) is 9.52. The van der Waals surface area contributed by atoms with Gasteiger partial charge in [0.15, 0.2) is 17.5 Å². The summed E-state index contributed by atoms with van der Waals surface area (Å²) < 4.78 is 2.47. The molecule has 4 heteroatoms. The van der Waals surface area contributed by atoms with Crippen molar-refractivity contribution in [2.75, 3.05) is 0 Å². The fourth-order valence-electron chi connectivity index (χ4n) is 9.52. The average molecular weight is 787 g/mol. The number of hydrogen-bond acceptors (Lipinski definition) is 3. The van der Waals surface area contributed by atoms with Crippen LogP contribution in [0.25, 0.3) is 94.7 Å². The third-order valence-corrected chi connectivity index (χ3v) is 13.1. The van der Waals surface area contributed by atoms with E-state index in [4.69, 9.17) is 15.0 Å². The third kappa shape index (κ3) is 6.51. The van der Waals surface area contributed by atoms with Gasteiger partial charge in [-0.1, -0.05) is 155 Å². The van der Waals surface area contributed by atoms with Crippen molar-refractivity contribution in [3.05, 3.63) is 193 Å². The van der Waals surface area contributed by atoms with Crippen molar-refractivity contribution in [2.24, 2.45) is 0 Å². The van der Waals surface area contributed by atoms with E-state index in [0.29, 0.717) is 17.5 Å². The Morgan fingerprint density at radius 1 is 0.361 bits per heavy atom. The number of hydrogen-bond donors (Lipinski definition) is 0. The molecule has 0 radical (unpaired) electrons. The molecule has 294 valence electrons. The molecule has 2 aromatic heterocycles. The van der Waals surface area contributed by atoms with Gasteiger partial charge in [-0.25, -0.2) is 15.0 Å². The molecule has 0 atom stereocenters. The van der Waals surface area contributed by atoms with Crippen LogP contribution in [0.1, 0.15) is 51.7 Å². The SMILES string of the molecule is CC1(C)CCC(C)(C)c2cc3c(cc21)c1ccccc1n3-c1ccc2ccc(-c3nc(-c4ccccc4)nc(-c4cc(-c5ccccc5)cc(-c5ccccc5)c4)n3)cc2c1. The molecule has 0 fully saturated rings. The Morgan fingerprint density at radius 2 is 0.869 bits per heavy atom. The van der Waals surface area contributed by atoms with Crippen molar-refractivity contribution >= 4 is 32.6 Å². The van der Waals surface area contributed by atoms with Gasteiger partial charge in [-0.05, 0) is 122 Å². The van der Waals surface area contributed by atoms with Gasteiger partial charge in [0, 0.05) is 33.2 Å². The van der Waals surface area contributed by atoms with E-state index in [1.165, 1.54) is 45.8 Å². The van der Waals surface area contributed by atoms with Gasteiger partial charge in [0.1, 0.15) is 0 Å². The maximum absolute atomic E-state index is 5.27. The van der Waals surface area contributed by atoms with E-state index >= 15 is 0 Å². The van der Waals surface area contributed by atoms with Gasteiger partial charge in [-0.15, -0.1) is 0 Å². The van der Waals surface area contributed by atoms with E-state index in [-0.39, 0.29) is 10.8 Å². The molecule has 0 saturated heterocycles. The second kappa shape index (κ2) is 14.2. The molecule has 4 nitrogen and oxygen atoms in total. The molecule has 11 rings (SSSR count). The van der Waals surface area contributed by atoms with E-state index in [0.717, 1.165) is 55.4 Å². The molecule has 1 aliphatic carbocycles. The van der Waals surface area contributed by atoms with Gasteiger partial charge < -0.3 is 4.57 Å². The first-order chi connectivity index (χ1) is 29.7. The predicted molar refractivity (Wildman–Crippen MR) is 254 cm³/mol. The van der Waals surface area contributed by atoms with E-state index < -0.39 is 0 Å². The molecule has 0 amide bonds. The second-order valence-electron chi connectivity index (χ2n) is 18.0. The number of fused-ring (bicyclic) bond motifs is 5. The lowest BCUT2D eigenvalue weighted by molar-refractivity contribution is 0.332. The highest BCUT2D eigenvalue weighted by atomic mass is 15.0. The van der Waals surface area contributed by atoms with Crippen molar-refractivity contribution in [3.8, 4) is 62.1 Å². The molecule has 0 spiro atoms. The molecule has 0 N–H and O–H groups in total. The van der Waals surface area contributed by atoms with E-state index in [2.05, 4.69) is 196 Å². The molecule has 1 aliphatic rings. The van der Waals surface area contributed by atoms with Gasteiger partial charge in [0.2, 0.25) is 0 Å². The standard InChI is InChI=1S/C57H46N4/c1-56(2)28-29-57(3,4)50-36-52-48(35-49(50)56)47-22-14-15-23-51(47)61(52)46-27-26-39-24-25-41(30-44(39)34-46)54-58-53(40-20-12-7-13-21-40)59-55(60-54)45-32-42(37-16-8-5-9-17-37)31-43(33-45)38-18-10-6-11-19-38/h5-27,30-36H,28-29H2,1-4H3. The lowest BCUT2D eigenvalue weighted by atomic mass is 9.63. The molecule has 10 aromatic rings. The Balaban J connectivity index is 1.09. The minimum Gasteiger partial charge on any atom is -0.309 e. The minimum atomic E-state index is 0.104. The molecule has 0 aliphatic heterocycles. The Hall–Kier alpha value is -7.17. The van der Waals surface area contributed by atoms with E-state index in [9.17, 15) is 0 Å². The van der Waals surface area contributed by atoms with Crippen molar-refractivity contribution in [2.45, 2.75) is 51.4 Å². The monoisotopic (exact) mass is 786 g/mol. The van der Waals surface area contributed by atoms with Crippen molar-refractivity contribution < 1.29 is 0 Å². The summed E-state index contributed by atoms with van der Waals surface area (Å²) in [5.74, 6) is 1.91. The molecule has 0 bridgehead atoms. The third-order valence-electron chi connectivity index (χ3n) is 13.1. The smallest absolute Gasteiger partial charge is 0.164 e. The Bertz CT molecular complexity index is 3230. The van der Waals surface area contributed by atoms with Crippen molar-refractivity contribution in [1.82, 2.24) is 19.5 Å². The molecule has 0 unspecified atom stereocenters. The van der Waals surface area contributed by atoms with Gasteiger partial charge in [0.25, 0.3) is 0 Å². The highest BCUT2D eigenvalue weighted by Crippen LogP contribution is 2.48.